The molecule has 5 atom stereocenters. The first-order valence-corrected chi connectivity index (χ1v) is 18.5. The van der Waals surface area contributed by atoms with Crippen molar-refractivity contribution < 1.29 is 28.1 Å². The normalized spacial score (nSPS) is 26.2. The summed E-state index contributed by atoms with van der Waals surface area (Å²) in [6.45, 7) is 13.6. The highest BCUT2D eigenvalue weighted by molar-refractivity contribution is 6.74. The molecule has 7 heteroatoms. The van der Waals surface area contributed by atoms with Crippen molar-refractivity contribution in [3.8, 4) is 0 Å². The average molecular weight is 605 g/mol. The van der Waals surface area contributed by atoms with Gasteiger partial charge in [-0.1, -0.05) is 112 Å². The lowest BCUT2D eigenvalue weighted by Gasteiger charge is -2.53. The molecule has 0 aromatic heterocycles. The van der Waals surface area contributed by atoms with Crippen molar-refractivity contribution in [2.75, 3.05) is 13.2 Å². The molecule has 3 aromatic carbocycles. The Kier molecular flexibility index (Phi) is 10.6. The maximum atomic E-state index is 7.23. The van der Waals surface area contributed by atoms with Crippen LogP contribution >= 0.6 is 0 Å². The van der Waals surface area contributed by atoms with Gasteiger partial charge >= 0.3 is 0 Å². The fraction of sp³-hybridized carbons (Fsp3) is 0.500. The number of hydrogen-bond donors (Lipinski definition) is 0. The zero-order chi connectivity index (χ0) is 30.3. The van der Waals surface area contributed by atoms with Crippen LogP contribution in [0.25, 0.3) is 0 Å². The fourth-order valence-corrected chi connectivity index (χ4v) is 6.84. The van der Waals surface area contributed by atoms with E-state index < -0.39 is 38.5 Å². The van der Waals surface area contributed by atoms with Crippen molar-refractivity contribution in [2.45, 2.75) is 102 Å². The van der Waals surface area contributed by atoms with Crippen LogP contribution in [0.5, 0.6) is 0 Å². The first-order valence-electron chi connectivity index (χ1n) is 15.6. The molecule has 2 saturated heterocycles. The van der Waals surface area contributed by atoms with Gasteiger partial charge in [0.25, 0.3) is 0 Å². The van der Waals surface area contributed by atoms with Gasteiger partial charge in [-0.05, 0) is 41.2 Å². The molecule has 0 N–H and O–H groups in total. The smallest absolute Gasteiger partial charge is 0.196 e. The SMILES string of the molecule is CC(C)(C)[Si](C)(C)O[C@@H]1[C@@H](OCc2ccccc2)[C@H](OCc2ccccc2)[C@@H](COCc2ccccc2)O[C@]12CCCO2. The third kappa shape index (κ3) is 8.03. The summed E-state index contributed by atoms with van der Waals surface area (Å²) < 4.78 is 40.7. The summed E-state index contributed by atoms with van der Waals surface area (Å²) in [5.41, 5.74) is 3.30. The Balaban J connectivity index is 1.48. The van der Waals surface area contributed by atoms with Crippen LogP contribution in [0.4, 0.5) is 0 Å². The second kappa shape index (κ2) is 14.2. The minimum atomic E-state index is -2.27. The largest absolute Gasteiger partial charge is 0.406 e. The number of ether oxygens (including phenoxy) is 5. The molecule has 5 rings (SSSR count). The standard InChI is InChI=1S/C36H48O6Si/c1-35(2,3)43(4,5)42-34-33(39-26-30-20-13-8-14-21-30)32(38-25-29-18-11-7-12-19-29)31(41-36(34)22-15-23-40-36)27-37-24-28-16-9-6-10-17-28/h6-14,16-21,31-34H,15,22-27H2,1-5H3/t31-,32-,33+,34-,36-/m1/s1. The van der Waals surface area contributed by atoms with Crippen LogP contribution in [0.2, 0.25) is 18.1 Å². The third-order valence-electron chi connectivity index (χ3n) is 8.98. The highest BCUT2D eigenvalue weighted by Gasteiger charge is 2.60. The van der Waals surface area contributed by atoms with Crippen molar-refractivity contribution in [1.82, 2.24) is 0 Å². The molecule has 6 nitrogen and oxygen atoms in total. The Morgan fingerprint density at radius 2 is 1.26 bits per heavy atom. The van der Waals surface area contributed by atoms with Crippen LogP contribution in [0.3, 0.4) is 0 Å². The predicted octanol–water partition coefficient (Wildman–Crippen LogP) is 7.67. The predicted molar refractivity (Wildman–Crippen MR) is 171 cm³/mol. The Hall–Kier alpha value is -2.36. The van der Waals surface area contributed by atoms with Crippen LogP contribution in [-0.2, 0) is 47.9 Å². The Morgan fingerprint density at radius 1 is 0.744 bits per heavy atom. The maximum Gasteiger partial charge on any atom is 0.196 e. The number of rotatable bonds is 12. The molecule has 2 fully saturated rings. The third-order valence-corrected chi connectivity index (χ3v) is 13.4. The molecule has 43 heavy (non-hydrogen) atoms. The number of benzene rings is 3. The monoisotopic (exact) mass is 604 g/mol. The summed E-state index contributed by atoms with van der Waals surface area (Å²) >= 11 is 0. The molecule has 0 unspecified atom stereocenters. The fourth-order valence-electron chi connectivity index (χ4n) is 5.54. The highest BCUT2D eigenvalue weighted by atomic mass is 28.4. The molecular weight excluding hydrogens is 556 g/mol. The van der Waals surface area contributed by atoms with E-state index in [0.29, 0.717) is 33.0 Å². The Morgan fingerprint density at radius 3 is 1.74 bits per heavy atom. The molecule has 1 spiro atoms. The van der Waals surface area contributed by atoms with E-state index in [9.17, 15) is 0 Å². The van der Waals surface area contributed by atoms with E-state index >= 15 is 0 Å². The van der Waals surface area contributed by atoms with Crippen molar-refractivity contribution in [3.63, 3.8) is 0 Å². The van der Waals surface area contributed by atoms with E-state index in [1.807, 2.05) is 54.6 Å². The molecule has 0 saturated carbocycles. The topological polar surface area (TPSA) is 55.4 Å². The lowest BCUT2D eigenvalue weighted by molar-refractivity contribution is -0.359. The number of hydrogen-bond acceptors (Lipinski definition) is 6. The first kappa shape index (κ1) is 32.0. The minimum Gasteiger partial charge on any atom is -0.406 e. The van der Waals surface area contributed by atoms with E-state index in [0.717, 1.165) is 29.5 Å². The maximum absolute atomic E-state index is 7.23. The zero-order valence-corrected chi connectivity index (χ0v) is 27.4. The van der Waals surface area contributed by atoms with Crippen LogP contribution in [0, 0.1) is 0 Å². The second-order valence-corrected chi connectivity index (χ2v) is 18.0. The van der Waals surface area contributed by atoms with Gasteiger partial charge in [0.05, 0.1) is 33.0 Å². The summed E-state index contributed by atoms with van der Waals surface area (Å²) in [4.78, 5) is 0. The van der Waals surface area contributed by atoms with E-state index in [1.165, 1.54) is 0 Å². The molecule has 2 aliphatic rings. The molecule has 2 aliphatic heterocycles. The lowest BCUT2D eigenvalue weighted by atomic mass is 9.90. The Labute approximate surface area is 258 Å². The van der Waals surface area contributed by atoms with Gasteiger partial charge < -0.3 is 28.1 Å². The van der Waals surface area contributed by atoms with Crippen LogP contribution in [0.1, 0.15) is 50.3 Å². The second-order valence-electron chi connectivity index (χ2n) is 13.2. The van der Waals surface area contributed by atoms with Gasteiger partial charge in [-0.25, -0.2) is 0 Å². The highest BCUT2D eigenvalue weighted by Crippen LogP contribution is 2.47. The molecule has 232 valence electrons. The van der Waals surface area contributed by atoms with E-state index in [-0.39, 0.29) is 5.04 Å². The van der Waals surface area contributed by atoms with Crippen LogP contribution in [-0.4, -0.2) is 51.7 Å². The Bertz CT molecular complexity index is 1240. The zero-order valence-electron chi connectivity index (χ0n) is 26.4. The van der Waals surface area contributed by atoms with Gasteiger partial charge in [0.15, 0.2) is 14.1 Å². The van der Waals surface area contributed by atoms with Crippen molar-refractivity contribution >= 4 is 8.32 Å². The molecule has 0 bridgehead atoms. The first-order chi connectivity index (χ1) is 20.7. The molecular formula is C36H48O6Si. The van der Waals surface area contributed by atoms with Crippen LogP contribution < -0.4 is 0 Å². The molecule has 0 radical (unpaired) electrons. The lowest BCUT2D eigenvalue weighted by Crippen LogP contribution is -2.69. The minimum absolute atomic E-state index is 0.00713. The summed E-state index contributed by atoms with van der Waals surface area (Å²) in [5, 5.41) is -0.00713. The molecule has 2 heterocycles. The van der Waals surface area contributed by atoms with Gasteiger partial charge in [0.2, 0.25) is 0 Å². The van der Waals surface area contributed by atoms with Crippen molar-refractivity contribution in [1.29, 1.82) is 0 Å². The van der Waals surface area contributed by atoms with Gasteiger partial charge in [-0.15, -0.1) is 0 Å². The van der Waals surface area contributed by atoms with Crippen LogP contribution in [0.15, 0.2) is 91.0 Å². The van der Waals surface area contributed by atoms with E-state index in [2.05, 4.69) is 70.3 Å². The summed E-state index contributed by atoms with van der Waals surface area (Å²) in [7, 11) is -2.27. The van der Waals surface area contributed by atoms with Gasteiger partial charge in [-0.2, -0.15) is 0 Å². The van der Waals surface area contributed by atoms with Crippen molar-refractivity contribution in [2.24, 2.45) is 0 Å². The quantitative estimate of drug-likeness (QED) is 0.198. The summed E-state index contributed by atoms with van der Waals surface area (Å²) in [6, 6.07) is 30.7. The van der Waals surface area contributed by atoms with Gasteiger partial charge in [0, 0.05) is 6.42 Å². The van der Waals surface area contributed by atoms with E-state index in [1.54, 1.807) is 0 Å². The van der Waals surface area contributed by atoms with Gasteiger partial charge in [0.1, 0.15) is 24.4 Å². The van der Waals surface area contributed by atoms with Gasteiger partial charge in [-0.3, -0.25) is 0 Å². The van der Waals surface area contributed by atoms with Crippen molar-refractivity contribution in [3.05, 3.63) is 108 Å². The molecule has 0 amide bonds. The molecule has 3 aromatic rings. The summed E-state index contributed by atoms with van der Waals surface area (Å²) in [6.07, 6.45) is -0.107. The van der Waals surface area contributed by atoms with E-state index in [4.69, 9.17) is 28.1 Å². The summed E-state index contributed by atoms with van der Waals surface area (Å²) in [5.74, 6) is -0.926. The average Bonchev–Trinajstić information content (AvgIpc) is 3.47. The molecule has 0 aliphatic carbocycles.